The van der Waals surface area contributed by atoms with Crippen molar-refractivity contribution < 1.29 is 8.42 Å². The van der Waals surface area contributed by atoms with E-state index in [0.29, 0.717) is 29.5 Å². The van der Waals surface area contributed by atoms with Gasteiger partial charge in [-0.25, -0.2) is 22.9 Å². The van der Waals surface area contributed by atoms with Gasteiger partial charge in [-0.3, -0.25) is 4.57 Å². The zero-order valence-corrected chi connectivity index (χ0v) is 14.9. The fourth-order valence-corrected chi connectivity index (χ4v) is 3.49. The third-order valence-corrected chi connectivity index (χ3v) is 5.97. The highest BCUT2D eigenvalue weighted by Gasteiger charge is 2.16. The van der Waals surface area contributed by atoms with Gasteiger partial charge in [0, 0.05) is 18.5 Å². The molecule has 0 unspecified atom stereocenters. The van der Waals surface area contributed by atoms with Crippen LogP contribution in [-0.2, 0) is 16.6 Å². The van der Waals surface area contributed by atoms with Crippen molar-refractivity contribution in [2.24, 2.45) is 0 Å². The van der Waals surface area contributed by atoms with Gasteiger partial charge in [-0.1, -0.05) is 18.2 Å². The van der Waals surface area contributed by atoms with Crippen LogP contribution in [0, 0.1) is 0 Å². The minimum atomic E-state index is -3.31. The average Bonchev–Trinajstić information content (AvgIpc) is 2.89. The van der Waals surface area contributed by atoms with Crippen molar-refractivity contribution in [2.75, 3.05) is 12.3 Å². The highest BCUT2D eigenvalue weighted by Crippen LogP contribution is 2.25. The highest BCUT2D eigenvalue weighted by molar-refractivity contribution is 7.90. The number of hydrogen-bond donors (Lipinski definition) is 3. The molecule has 9 heteroatoms. The van der Waals surface area contributed by atoms with Crippen LogP contribution in [0.1, 0.15) is 20.3 Å². The number of aryl methyl sites for hydroxylation is 1. The van der Waals surface area contributed by atoms with Gasteiger partial charge in [-0.2, -0.15) is 0 Å². The molecule has 0 spiro atoms. The number of fused-ring (bicyclic) bond motifs is 3. The van der Waals surface area contributed by atoms with E-state index in [9.17, 15) is 13.2 Å². The van der Waals surface area contributed by atoms with Crippen LogP contribution in [0.2, 0.25) is 0 Å². The summed E-state index contributed by atoms with van der Waals surface area (Å²) in [6.45, 7) is 3.87. The number of nitrogens with one attached hydrogen (secondary N) is 2. The van der Waals surface area contributed by atoms with E-state index < -0.39 is 15.3 Å². The number of aromatic amines is 1. The van der Waals surface area contributed by atoms with E-state index in [4.69, 9.17) is 5.73 Å². The zero-order chi connectivity index (χ0) is 18.2. The van der Waals surface area contributed by atoms with Crippen molar-refractivity contribution in [3.8, 4) is 0 Å². The Balaban J connectivity index is 1.92. The monoisotopic (exact) mass is 363 g/mol. The van der Waals surface area contributed by atoms with E-state index in [2.05, 4.69) is 14.7 Å². The standard InChI is InChI=1S/C16H21N5O3S/c1-10(2)25(23,24)18-8-5-9-21-14-11-6-3-4-7-12(11)19-15(17)13(14)20-16(21)22/h3-4,6-7,10,18H,5,8-9H2,1-2H3,(H2,17,19)(H,20,22). The lowest BCUT2D eigenvalue weighted by atomic mass is 10.2. The first-order valence-electron chi connectivity index (χ1n) is 8.06. The van der Waals surface area contributed by atoms with E-state index in [-0.39, 0.29) is 18.1 Å². The Labute approximate surface area is 145 Å². The molecule has 4 N–H and O–H groups in total. The summed E-state index contributed by atoms with van der Waals surface area (Å²) in [5.41, 5.74) is 7.59. The van der Waals surface area contributed by atoms with Gasteiger partial charge in [0.15, 0.2) is 0 Å². The Morgan fingerprint density at radius 2 is 2.04 bits per heavy atom. The van der Waals surface area contributed by atoms with Crippen LogP contribution in [0.3, 0.4) is 0 Å². The number of benzene rings is 1. The maximum absolute atomic E-state index is 12.3. The molecule has 134 valence electrons. The predicted octanol–water partition coefficient (Wildman–Crippen LogP) is 1.18. The Morgan fingerprint density at radius 1 is 1.32 bits per heavy atom. The second-order valence-electron chi connectivity index (χ2n) is 6.16. The summed E-state index contributed by atoms with van der Waals surface area (Å²) >= 11 is 0. The van der Waals surface area contributed by atoms with Crippen molar-refractivity contribution in [1.82, 2.24) is 19.3 Å². The van der Waals surface area contributed by atoms with Gasteiger partial charge in [0.25, 0.3) is 0 Å². The van der Waals surface area contributed by atoms with E-state index in [1.807, 2.05) is 24.3 Å². The molecule has 0 saturated carbocycles. The Bertz CT molecular complexity index is 1080. The molecule has 2 aromatic heterocycles. The van der Waals surface area contributed by atoms with Gasteiger partial charge in [0.05, 0.1) is 16.3 Å². The Morgan fingerprint density at radius 3 is 2.76 bits per heavy atom. The molecular weight excluding hydrogens is 342 g/mol. The molecule has 25 heavy (non-hydrogen) atoms. The van der Waals surface area contributed by atoms with E-state index in [1.165, 1.54) is 0 Å². The first-order valence-corrected chi connectivity index (χ1v) is 9.61. The summed E-state index contributed by atoms with van der Waals surface area (Å²) < 4.78 is 27.7. The summed E-state index contributed by atoms with van der Waals surface area (Å²) in [5.74, 6) is 0.269. The Kier molecular flexibility index (Phi) is 4.53. The summed E-state index contributed by atoms with van der Waals surface area (Å²) in [4.78, 5) is 19.4. The lowest BCUT2D eigenvalue weighted by molar-refractivity contribution is 0.562. The minimum absolute atomic E-state index is 0.262. The third kappa shape index (κ3) is 3.24. The molecule has 3 rings (SSSR count). The topological polar surface area (TPSA) is 123 Å². The second-order valence-corrected chi connectivity index (χ2v) is 8.48. The predicted molar refractivity (Wildman–Crippen MR) is 98.9 cm³/mol. The van der Waals surface area contributed by atoms with Gasteiger partial charge < -0.3 is 10.7 Å². The van der Waals surface area contributed by atoms with Crippen LogP contribution in [0.15, 0.2) is 29.1 Å². The van der Waals surface area contributed by atoms with Crippen molar-refractivity contribution in [3.63, 3.8) is 0 Å². The van der Waals surface area contributed by atoms with Crippen LogP contribution in [0.5, 0.6) is 0 Å². The fraction of sp³-hybridized carbons (Fsp3) is 0.375. The number of nitrogen functional groups attached to an aromatic ring is 1. The lowest BCUT2D eigenvalue weighted by Crippen LogP contribution is -2.32. The smallest absolute Gasteiger partial charge is 0.326 e. The molecule has 0 aliphatic rings. The molecule has 0 fully saturated rings. The van der Waals surface area contributed by atoms with Crippen molar-refractivity contribution in [3.05, 3.63) is 34.7 Å². The number of para-hydroxylation sites is 1. The molecule has 0 aliphatic carbocycles. The van der Waals surface area contributed by atoms with Crippen molar-refractivity contribution >= 4 is 37.8 Å². The van der Waals surface area contributed by atoms with Crippen molar-refractivity contribution in [2.45, 2.75) is 32.1 Å². The van der Waals surface area contributed by atoms with Gasteiger partial charge in [0.2, 0.25) is 10.0 Å². The molecule has 2 heterocycles. The summed E-state index contributed by atoms with van der Waals surface area (Å²) in [5, 5.41) is 0.339. The third-order valence-electron chi connectivity index (χ3n) is 4.12. The molecule has 0 atom stereocenters. The maximum atomic E-state index is 12.3. The van der Waals surface area contributed by atoms with E-state index >= 15 is 0 Å². The summed E-state index contributed by atoms with van der Waals surface area (Å²) in [6, 6.07) is 7.45. The molecule has 0 radical (unpaired) electrons. The first-order chi connectivity index (χ1) is 11.8. The Hall–Kier alpha value is -2.39. The van der Waals surface area contributed by atoms with Crippen LogP contribution < -0.4 is 16.1 Å². The van der Waals surface area contributed by atoms with Crippen molar-refractivity contribution in [1.29, 1.82) is 0 Å². The largest absolute Gasteiger partial charge is 0.382 e. The normalized spacial score (nSPS) is 12.4. The molecule has 0 bridgehead atoms. The van der Waals surface area contributed by atoms with Crippen LogP contribution in [0.25, 0.3) is 21.9 Å². The van der Waals surface area contributed by atoms with E-state index in [0.717, 1.165) is 5.39 Å². The molecular formula is C16H21N5O3S. The van der Waals surface area contributed by atoms with Gasteiger partial charge in [-0.15, -0.1) is 0 Å². The number of rotatable bonds is 6. The highest BCUT2D eigenvalue weighted by atomic mass is 32.2. The average molecular weight is 363 g/mol. The fourth-order valence-electron chi connectivity index (χ4n) is 2.72. The van der Waals surface area contributed by atoms with Gasteiger partial charge >= 0.3 is 5.69 Å². The second kappa shape index (κ2) is 6.49. The number of nitrogens with two attached hydrogens (primary N) is 1. The molecule has 3 aromatic rings. The number of pyridine rings is 1. The quantitative estimate of drug-likeness (QED) is 0.568. The molecule has 0 aliphatic heterocycles. The number of aromatic nitrogens is 3. The zero-order valence-electron chi connectivity index (χ0n) is 14.1. The molecule has 8 nitrogen and oxygen atoms in total. The molecule has 1 aromatic carbocycles. The SMILES string of the molecule is CC(C)S(=O)(=O)NCCCn1c(=O)[nH]c2c(N)nc3ccccc3c21. The van der Waals surface area contributed by atoms with Gasteiger partial charge in [0.1, 0.15) is 11.3 Å². The number of nitrogens with zero attached hydrogens (tertiary/aromatic N) is 2. The number of anilines is 1. The van der Waals surface area contributed by atoms with Crippen LogP contribution in [0.4, 0.5) is 5.82 Å². The number of sulfonamides is 1. The first kappa shape index (κ1) is 17.4. The summed E-state index contributed by atoms with van der Waals surface area (Å²) in [6.07, 6.45) is 0.482. The molecule has 0 amide bonds. The van der Waals surface area contributed by atoms with Crippen LogP contribution in [-0.4, -0.2) is 34.7 Å². The number of hydrogen-bond acceptors (Lipinski definition) is 5. The van der Waals surface area contributed by atoms with Gasteiger partial charge in [-0.05, 0) is 26.3 Å². The molecule has 0 saturated heterocycles. The maximum Gasteiger partial charge on any atom is 0.326 e. The minimum Gasteiger partial charge on any atom is -0.382 e. The summed E-state index contributed by atoms with van der Waals surface area (Å²) in [7, 11) is -3.31. The van der Waals surface area contributed by atoms with E-state index in [1.54, 1.807) is 18.4 Å². The lowest BCUT2D eigenvalue weighted by Gasteiger charge is -2.10. The van der Waals surface area contributed by atoms with Crippen LogP contribution >= 0.6 is 0 Å². The number of imidazole rings is 1. The number of H-pyrrole nitrogens is 1.